The summed E-state index contributed by atoms with van der Waals surface area (Å²) in [5.74, 6) is -0.309. The molecular weight excluding hydrogens is 301 g/mol. The largest absolute Gasteiger partial charge is 0.494 e. The number of halogens is 1. The Balaban J connectivity index is 1.71. The van der Waals surface area contributed by atoms with Gasteiger partial charge in [0.15, 0.2) is 11.6 Å². The average molecular weight is 319 g/mol. The van der Waals surface area contributed by atoms with E-state index < -0.39 is 5.82 Å². The van der Waals surface area contributed by atoms with Crippen molar-refractivity contribution in [2.24, 2.45) is 0 Å². The molecule has 1 atom stereocenters. The molecule has 1 aromatic carbocycles. The van der Waals surface area contributed by atoms with Crippen LogP contribution in [0.15, 0.2) is 24.3 Å². The summed E-state index contributed by atoms with van der Waals surface area (Å²) < 4.78 is 18.6. The number of ether oxygens (including phenoxy) is 1. The lowest BCUT2D eigenvalue weighted by Gasteiger charge is -2.14. The number of amides is 1. The zero-order chi connectivity index (χ0) is 15.7. The molecule has 116 valence electrons. The van der Waals surface area contributed by atoms with Crippen molar-refractivity contribution in [3.05, 3.63) is 51.0 Å². The molecule has 2 aromatic rings. The van der Waals surface area contributed by atoms with Crippen LogP contribution in [0.2, 0.25) is 0 Å². The minimum atomic E-state index is -0.420. The van der Waals surface area contributed by atoms with Gasteiger partial charge in [0, 0.05) is 4.88 Å². The molecule has 0 aliphatic heterocycles. The van der Waals surface area contributed by atoms with Crippen molar-refractivity contribution < 1.29 is 13.9 Å². The van der Waals surface area contributed by atoms with E-state index in [1.54, 1.807) is 23.5 Å². The minimum absolute atomic E-state index is 0.0943. The summed E-state index contributed by atoms with van der Waals surface area (Å²) in [6.07, 6.45) is 3.33. The van der Waals surface area contributed by atoms with E-state index in [1.165, 1.54) is 30.0 Å². The smallest absolute Gasteiger partial charge is 0.261 e. The summed E-state index contributed by atoms with van der Waals surface area (Å²) in [7, 11) is 1.43. The van der Waals surface area contributed by atoms with Crippen LogP contribution in [0, 0.1) is 5.82 Å². The number of nitrogens with one attached hydrogen (secondary N) is 1. The third-order valence-electron chi connectivity index (χ3n) is 3.99. The normalized spacial score (nSPS) is 14.5. The molecule has 1 N–H and O–H groups in total. The van der Waals surface area contributed by atoms with Gasteiger partial charge in [0.1, 0.15) is 0 Å². The molecule has 3 rings (SSSR count). The van der Waals surface area contributed by atoms with E-state index in [2.05, 4.69) is 5.32 Å². The van der Waals surface area contributed by atoms with Crippen LogP contribution in [0.5, 0.6) is 5.75 Å². The lowest BCUT2D eigenvalue weighted by molar-refractivity contribution is 0.0944. The van der Waals surface area contributed by atoms with E-state index in [-0.39, 0.29) is 17.7 Å². The second kappa shape index (κ2) is 6.08. The van der Waals surface area contributed by atoms with Crippen molar-refractivity contribution in [1.29, 1.82) is 0 Å². The molecular formula is C17H18FNO2S. The number of aryl methyl sites for hydroxylation is 2. The van der Waals surface area contributed by atoms with Gasteiger partial charge in [0.05, 0.1) is 18.0 Å². The van der Waals surface area contributed by atoms with E-state index in [1.807, 2.05) is 13.0 Å². The fourth-order valence-corrected chi connectivity index (χ4v) is 3.90. The van der Waals surface area contributed by atoms with E-state index in [4.69, 9.17) is 4.74 Å². The van der Waals surface area contributed by atoms with Gasteiger partial charge < -0.3 is 10.1 Å². The standard InChI is InChI=1S/C17H18FNO2S/c1-10(11-6-7-14(21-2)13(18)8-11)19-17(20)16-9-12-4-3-5-15(12)22-16/h6-10H,3-5H2,1-2H3,(H,19,20)/t10-/m0/s1. The van der Waals surface area contributed by atoms with Crippen molar-refractivity contribution in [3.63, 3.8) is 0 Å². The van der Waals surface area contributed by atoms with E-state index in [0.717, 1.165) is 23.3 Å². The van der Waals surface area contributed by atoms with Crippen molar-refractivity contribution >= 4 is 17.2 Å². The third-order valence-corrected chi connectivity index (χ3v) is 5.23. The lowest BCUT2D eigenvalue weighted by Crippen LogP contribution is -2.26. The predicted molar refractivity (Wildman–Crippen MR) is 85.2 cm³/mol. The van der Waals surface area contributed by atoms with Crippen LogP contribution in [-0.4, -0.2) is 13.0 Å². The van der Waals surface area contributed by atoms with Crippen molar-refractivity contribution in [1.82, 2.24) is 5.32 Å². The molecule has 1 heterocycles. The molecule has 0 spiro atoms. The Labute approximate surface area is 133 Å². The van der Waals surface area contributed by atoms with Gasteiger partial charge in [-0.15, -0.1) is 11.3 Å². The second-order valence-corrected chi connectivity index (χ2v) is 6.64. The van der Waals surface area contributed by atoms with Crippen LogP contribution in [0.4, 0.5) is 4.39 Å². The summed E-state index contributed by atoms with van der Waals surface area (Å²) in [5, 5.41) is 2.93. The summed E-state index contributed by atoms with van der Waals surface area (Å²) in [5.41, 5.74) is 2.02. The summed E-state index contributed by atoms with van der Waals surface area (Å²) >= 11 is 1.57. The first-order valence-corrected chi connectivity index (χ1v) is 8.16. The van der Waals surface area contributed by atoms with Gasteiger partial charge in [-0.1, -0.05) is 6.07 Å². The number of carbonyl (C=O) groups excluding carboxylic acids is 1. The van der Waals surface area contributed by atoms with Crippen LogP contribution in [0.3, 0.4) is 0 Å². The highest BCUT2D eigenvalue weighted by atomic mass is 32.1. The molecule has 1 aromatic heterocycles. The molecule has 0 saturated heterocycles. The number of methoxy groups -OCH3 is 1. The number of carbonyl (C=O) groups is 1. The molecule has 1 aliphatic carbocycles. The van der Waals surface area contributed by atoms with Crippen molar-refractivity contribution in [2.75, 3.05) is 7.11 Å². The number of hydrogen-bond acceptors (Lipinski definition) is 3. The van der Waals surface area contributed by atoms with Gasteiger partial charge in [-0.25, -0.2) is 4.39 Å². The fraction of sp³-hybridized carbons (Fsp3) is 0.353. The second-order valence-electron chi connectivity index (χ2n) is 5.50. The molecule has 0 fully saturated rings. The molecule has 0 saturated carbocycles. The molecule has 0 unspecified atom stereocenters. The maximum absolute atomic E-state index is 13.7. The molecule has 0 radical (unpaired) electrons. The Kier molecular flexibility index (Phi) is 4.16. The van der Waals surface area contributed by atoms with E-state index in [0.29, 0.717) is 0 Å². The Morgan fingerprint density at radius 3 is 2.86 bits per heavy atom. The number of fused-ring (bicyclic) bond motifs is 1. The Morgan fingerprint density at radius 1 is 1.36 bits per heavy atom. The van der Waals surface area contributed by atoms with Gasteiger partial charge in [0.2, 0.25) is 0 Å². The van der Waals surface area contributed by atoms with Crippen LogP contribution in [0.25, 0.3) is 0 Å². The molecule has 5 heteroatoms. The summed E-state index contributed by atoms with van der Waals surface area (Å²) in [6.45, 7) is 1.85. The van der Waals surface area contributed by atoms with E-state index in [9.17, 15) is 9.18 Å². The zero-order valence-corrected chi connectivity index (χ0v) is 13.4. The molecule has 22 heavy (non-hydrogen) atoms. The summed E-state index contributed by atoms with van der Waals surface area (Å²) in [4.78, 5) is 14.4. The zero-order valence-electron chi connectivity index (χ0n) is 12.6. The van der Waals surface area contributed by atoms with Gasteiger partial charge in [0.25, 0.3) is 5.91 Å². The van der Waals surface area contributed by atoms with Crippen LogP contribution < -0.4 is 10.1 Å². The third kappa shape index (κ3) is 2.86. The van der Waals surface area contributed by atoms with Crippen LogP contribution in [0.1, 0.15) is 45.1 Å². The Hall–Kier alpha value is -1.88. The van der Waals surface area contributed by atoms with Gasteiger partial charge in [-0.3, -0.25) is 4.79 Å². The number of hydrogen-bond donors (Lipinski definition) is 1. The molecule has 3 nitrogen and oxygen atoms in total. The first kappa shape index (κ1) is 15.0. The van der Waals surface area contributed by atoms with Gasteiger partial charge in [-0.05, 0) is 55.5 Å². The average Bonchev–Trinajstić information content (AvgIpc) is 3.08. The number of thiophene rings is 1. The highest BCUT2D eigenvalue weighted by Gasteiger charge is 2.20. The SMILES string of the molecule is COc1ccc([C@H](C)NC(=O)c2cc3c(s2)CCC3)cc1F. The lowest BCUT2D eigenvalue weighted by atomic mass is 10.1. The highest BCUT2D eigenvalue weighted by molar-refractivity contribution is 7.14. The maximum atomic E-state index is 13.7. The van der Waals surface area contributed by atoms with Crippen LogP contribution >= 0.6 is 11.3 Å². The quantitative estimate of drug-likeness (QED) is 0.929. The predicted octanol–water partition coefficient (Wildman–Crippen LogP) is 3.88. The van der Waals surface area contributed by atoms with Crippen LogP contribution in [-0.2, 0) is 12.8 Å². The van der Waals surface area contributed by atoms with Crippen molar-refractivity contribution in [2.45, 2.75) is 32.2 Å². The number of benzene rings is 1. The Morgan fingerprint density at radius 2 is 2.18 bits per heavy atom. The number of rotatable bonds is 4. The van der Waals surface area contributed by atoms with E-state index >= 15 is 0 Å². The fourth-order valence-electron chi connectivity index (χ4n) is 2.74. The first-order valence-electron chi connectivity index (χ1n) is 7.34. The summed E-state index contributed by atoms with van der Waals surface area (Å²) in [6, 6.07) is 6.47. The minimum Gasteiger partial charge on any atom is -0.494 e. The highest BCUT2D eigenvalue weighted by Crippen LogP contribution is 2.31. The Bertz CT molecular complexity index is 689. The van der Waals surface area contributed by atoms with Gasteiger partial charge >= 0.3 is 0 Å². The maximum Gasteiger partial charge on any atom is 0.261 e. The molecule has 1 amide bonds. The molecule has 1 aliphatic rings. The van der Waals surface area contributed by atoms with Crippen molar-refractivity contribution in [3.8, 4) is 5.75 Å². The monoisotopic (exact) mass is 319 g/mol. The molecule has 0 bridgehead atoms. The first-order chi connectivity index (χ1) is 10.6. The topological polar surface area (TPSA) is 38.3 Å². The van der Waals surface area contributed by atoms with Gasteiger partial charge in [-0.2, -0.15) is 0 Å².